The third-order valence-corrected chi connectivity index (χ3v) is 10.2. The number of hydrogen-bond acceptors (Lipinski definition) is 3. The van der Waals surface area contributed by atoms with Crippen LogP contribution in [0.25, 0.3) is 11.3 Å². The van der Waals surface area contributed by atoms with Crippen LogP contribution in [0.3, 0.4) is 0 Å². The summed E-state index contributed by atoms with van der Waals surface area (Å²) in [6.07, 6.45) is 3.59. The van der Waals surface area contributed by atoms with Crippen LogP contribution in [0, 0.1) is 5.82 Å². The Morgan fingerprint density at radius 2 is 1.07 bits per heavy atom. The number of halogens is 1. The van der Waals surface area contributed by atoms with Gasteiger partial charge in [-0.3, -0.25) is 0 Å². The lowest BCUT2D eigenvalue weighted by atomic mass is 10.2. The van der Waals surface area contributed by atoms with Crippen molar-refractivity contribution >= 4 is 35.1 Å². The first-order valence-electron chi connectivity index (χ1n) is 13.0. The minimum absolute atomic E-state index is 0.287. The topological polar surface area (TPSA) is 42.5 Å². The van der Waals surface area contributed by atoms with Crippen LogP contribution in [0.4, 0.5) is 10.3 Å². The molecule has 1 aromatic heterocycles. The molecule has 194 valence electrons. The fraction of sp³-hybridized carbons (Fsp3) is 0. The molecule has 0 atom stereocenters. The first-order valence-corrected chi connectivity index (χ1v) is 14.7. The minimum Gasteiger partial charge on any atom is -0.217 e. The lowest BCUT2D eigenvalue weighted by molar-refractivity contribution is 0.628. The number of hydrogen-bond donors (Lipinski definition) is 0. The van der Waals surface area contributed by atoms with Crippen molar-refractivity contribution in [1.82, 2.24) is 9.66 Å². The van der Waals surface area contributed by atoms with Gasteiger partial charge in [-0.15, -0.1) is 0 Å². The second-order valence-corrected chi connectivity index (χ2v) is 12.2. The van der Waals surface area contributed by atoms with Crippen LogP contribution in [0.5, 0.6) is 0 Å². The highest BCUT2D eigenvalue weighted by Gasteiger charge is 2.28. The molecule has 0 unspecified atom stereocenters. The SMILES string of the molecule is Fc1ccc(C=Nn2cc(-c3ccccc3)nc2N=P(c2ccccc2)(c2ccccc2)c2ccccc2)cc1. The number of rotatable bonds is 7. The van der Waals surface area contributed by atoms with Gasteiger partial charge in [0.05, 0.1) is 25.2 Å². The van der Waals surface area contributed by atoms with E-state index in [1.165, 1.54) is 12.1 Å². The largest absolute Gasteiger partial charge is 0.250 e. The van der Waals surface area contributed by atoms with E-state index in [1.54, 1.807) is 23.0 Å². The number of benzene rings is 5. The maximum absolute atomic E-state index is 13.5. The van der Waals surface area contributed by atoms with E-state index in [2.05, 4.69) is 72.8 Å². The quantitative estimate of drug-likeness (QED) is 0.154. The number of aromatic nitrogens is 2. The van der Waals surface area contributed by atoms with Gasteiger partial charge in [0, 0.05) is 21.5 Å². The number of nitrogens with zero attached hydrogens (tertiary/aromatic N) is 4. The summed E-state index contributed by atoms with van der Waals surface area (Å²) in [7, 11) is -2.56. The van der Waals surface area contributed by atoms with Gasteiger partial charge in [-0.1, -0.05) is 133 Å². The average molecular weight is 541 g/mol. The van der Waals surface area contributed by atoms with Gasteiger partial charge >= 0.3 is 0 Å². The Morgan fingerprint density at radius 1 is 0.600 bits per heavy atom. The molecule has 0 fully saturated rings. The molecule has 0 radical (unpaired) electrons. The zero-order chi connectivity index (χ0) is 27.2. The fourth-order valence-corrected chi connectivity index (χ4v) is 8.08. The van der Waals surface area contributed by atoms with Crippen LogP contribution >= 0.6 is 7.05 Å². The van der Waals surface area contributed by atoms with E-state index in [4.69, 9.17) is 14.8 Å². The Hall–Kier alpha value is -4.86. The second-order valence-electron chi connectivity index (χ2n) is 9.17. The molecule has 0 aliphatic carbocycles. The van der Waals surface area contributed by atoms with Crippen molar-refractivity contribution in [3.63, 3.8) is 0 Å². The Kier molecular flexibility index (Phi) is 7.30. The van der Waals surface area contributed by atoms with Crippen LogP contribution in [-0.2, 0) is 0 Å². The first-order chi connectivity index (χ1) is 19.7. The zero-order valence-electron chi connectivity index (χ0n) is 21.6. The maximum Gasteiger partial charge on any atom is 0.250 e. The molecule has 1 heterocycles. The fourth-order valence-electron chi connectivity index (χ4n) is 4.63. The molecule has 0 spiro atoms. The molecular weight excluding hydrogens is 514 g/mol. The molecule has 6 aromatic rings. The van der Waals surface area contributed by atoms with Crippen molar-refractivity contribution in [2.24, 2.45) is 9.85 Å². The molecule has 0 aliphatic rings. The molecule has 0 saturated heterocycles. The molecule has 0 bridgehead atoms. The van der Waals surface area contributed by atoms with Gasteiger partial charge in [-0.2, -0.15) is 5.10 Å². The van der Waals surface area contributed by atoms with Crippen LogP contribution < -0.4 is 15.9 Å². The van der Waals surface area contributed by atoms with Crippen molar-refractivity contribution in [3.05, 3.63) is 163 Å². The van der Waals surface area contributed by atoms with Crippen LogP contribution in [-0.4, -0.2) is 15.9 Å². The predicted molar refractivity (Wildman–Crippen MR) is 164 cm³/mol. The molecular formula is C34H26FN4P. The van der Waals surface area contributed by atoms with Gasteiger partial charge in [-0.05, 0) is 17.7 Å². The molecule has 0 amide bonds. The van der Waals surface area contributed by atoms with Gasteiger partial charge in [0.25, 0.3) is 5.95 Å². The summed E-state index contributed by atoms with van der Waals surface area (Å²) in [4.78, 5) is 5.02. The molecule has 6 rings (SSSR count). The van der Waals surface area contributed by atoms with E-state index in [0.717, 1.165) is 32.7 Å². The summed E-state index contributed by atoms with van der Waals surface area (Å²) in [5, 5.41) is 8.10. The lowest BCUT2D eigenvalue weighted by Gasteiger charge is -2.26. The Balaban J connectivity index is 1.64. The van der Waals surface area contributed by atoms with E-state index in [9.17, 15) is 4.39 Å². The third kappa shape index (κ3) is 5.20. The zero-order valence-corrected chi connectivity index (χ0v) is 22.5. The summed E-state index contributed by atoms with van der Waals surface area (Å²) in [5.41, 5.74) is 2.51. The van der Waals surface area contributed by atoms with Crippen molar-refractivity contribution in [3.8, 4) is 11.3 Å². The van der Waals surface area contributed by atoms with E-state index < -0.39 is 7.05 Å². The van der Waals surface area contributed by atoms with Crippen LogP contribution in [0.1, 0.15) is 5.56 Å². The Labute approximate surface area is 233 Å². The van der Waals surface area contributed by atoms with Crippen molar-refractivity contribution < 1.29 is 4.39 Å². The highest BCUT2D eigenvalue weighted by atomic mass is 31.2. The predicted octanol–water partition coefficient (Wildman–Crippen LogP) is 7.38. The second kappa shape index (κ2) is 11.5. The summed E-state index contributed by atoms with van der Waals surface area (Å²) in [6, 6.07) is 47.5. The molecule has 0 aliphatic heterocycles. The van der Waals surface area contributed by atoms with E-state index >= 15 is 0 Å². The molecule has 6 heteroatoms. The highest BCUT2D eigenvalue weighted by molar-refractivity contribution is 7.87. The first kappa shape index (κ1) is 25.4. The number of imidazole rings is 1. The van der Waals surface area contributed by atoms with Gasteiger partial charge in [0.2, 0.25) is 0 Å². The summed E-state index contributed by atoms with van der Waals surface area (Å²) >= 11 is 0. The van der Waals surface area contributed by atoms with Gasteiger partial charge in [-0.25, -0.2) is 18.8 Å². The molecule has 0 N–H and O–H groups in total. The monoisotopic (exact) mass is 540 g/mol. The van der Waals surface area contributed by atoms with E-state index in [-0.39, 0.29) is 5.82 Å². The van der Waals surface area contributed by atoms with Crippen molar-refractivity contribution in [2.45, 2.75) is 0 Å². The summed E-state index contributed by atoms with van der Waals surface area (Å²) in [6.45, 7) is 0. The smallest absolute Gasteiger partial charge is 0.217 e. The summed E-state index contributed by atoms with van der Waals surface area (Å²) < 4.78 is 20.8. The molecule has 4 nitrogen and oxygen atoms in total. The van der Waals surface area contributed by atoms with Gasteiger partial charge in [0.1, 0.15) is 5.82 Å². The maximum atomic E-state index is 13.5. The van der Waals surface area contributed by atoms with Crippen molar-refractivity contribution in [1.29, 1.82) is 0 Å². The lowest BCUT2D eigenvalue weighted by Crippen LogP contribution is -2.25. The molecule has 0 saturated carbocycles. The van der Waals surface area contributed by atoms with E-state index in [0.29, 0.717) is 5.95 Å². The Bertz CT molecular complexity index is 1680. The summed E-state index contributed by atoms with van der Waals surface area (Å²) in [5.74, 6) is 0.201. The van der Waals surface area contributed by atoms with Gasteiger partial charge < -0.3 is 0 Å². The van der Waals surface area contributed by atoms with Crippen LogP contribution in [0.2, 0.25) is 0 Å². The highest BCUT2D eigenvalue weighted by Crippen LogP contribution is 2.49. The normalized spacial score (nSPS) is 11.5. The standard InChI is InChI=1S/C34H26FN4P/c35-29-23-21-27(22-24-29)25-36-39-26-33(28-13-5-1-6-14-28)37-34(39)38-40(30-15-7-2-8-16-30,31-17-9-3-10-18-31)32-19-11-4-12-20-32/h1-26H. The molecule has 5 aromatic carbocycles. The third-order valence-electron chi connectivity index (χ3n) is 6.57. The van der Waals surface area contributed by atoms with E-state index in [1.807, 2.05) is 54.7 Å². The molecule has 40 heavy (non-hydrogen) atoms. The Morgan fingerprint density at radius 3 is 1.57 bits per heavy atom. The minimum atomic E-state index is -2.56. The average Bonchev–Trinajstić information content (AvgIpc) is 3.44. The van der Waals surface area contributed by atoms with Crippen molar-refractivity contribution in [2.75, 3.05) is 0 Å². The van der Waals surface area contributed by atoms with Gasteiger partial charge in [0.15, 0.2) is 0 Å². The van der Waals surface area contributed by atoms with Crippen LogP contribution in [0.15, 0.2) is 162 Å².